The lowest BCUT2D eigenvalue weighted by Crippen LogP contribution is -2.32. The van der Waals surface area contributed by atoms with Gasteiger partial charge in [-0.1, -0.05) is 51.1 Å². The Balaban J connectivity index is 2.10. The van der Waals surface area contributed by atoms with E-state index in [9.17, 15) is 4.79 Å². The number of aryl methyl sites for hydroxylation is 1. The smallest absolute Gasteiger partial charge is 0.224 e. The molecule has 0 spiro atoms. The first-order valence-electron chi connectivity index (χ1n) is 9.07. The Kier molecular flexibility index (Phi) is 7.07. The molecule has 0 aromatic heterocycles. The van der Waals surface area contributed by atoms with Crippen molar-refractivity contribution in [2.45, 2.75) is 39.7 Å². The predicted molar refractivity (Wildman–Crippen MR) is 105 cm³/mol. The van der Waals surface area contributed by atoms with Crippen LogP contribution in [0.4, 0.5) is 0 Å². The van der Waals surface area contributed by atoms with Gasteiger partial charge < -0.3 is 14.8 Å². The second kappa shape index (κ2) is 9.27. The molecule has 1 unspecified atom stereocenters. The van der Waals surface area contributed by atoms with Gasteiger partial charge in [0.25, 0.3) is 0 Å². The molecule has 0 saturated carbocycles. The number of ether oxygens (including phenoxy) is 2. The average molecular weight is 355 g/mol. The molecule has 26 heavy (non-hydrogen) atoms. The predicted octanol–water partition coefficient (Wildman–Crippen LogP) is 4.32. The Hall–Kier alpha value is -2.49. The van der Waals surface area contributed by atoms with Gasteiger partial charge >= 0.3 is 0 Å². The maximum absolute atomic E-state index is 12.6. The fourth-order valence-electron chi connectivity index (χ4n) is 3.00. The van der Waals surface area contributed by atoms with Gasteiger partial charge in [0.2, 0.25) is 5.91 Å². The van der Waals surface area contributed by atoms with Gasteiger partial charge in [0.15, 0.2) is 11.5 Å². The molecule has 0 aliphatic carbocycles. The zero-order valence-corrected chi connectivity index (χ0v) is 16.3. The molecule has 0 fully saturated rings. The third-order valence-electron chi connectivity index (χ3n) is 4.54. The first kappa shape index (κ1) is 19.8. The average Bonchev–Trinajstić information content (AvgIpc) is 2.65. The van der Waals surface area contributed by atoms with Crippen LogP contribution in [0.5, 0.6) is 11.5 Å². The van der Waals surface area contributed by atoms with Crippen LogP contribution in [0.2, 0.25) is 0 Å². The minimum Gasteiger partial charge on any atom is -0.493 e. The molecular weight excluding hydrogens is 326 g/mol. The van der Waals surface area contributed by atoms with E-state index in [4.69, 9.17) is 9.47 Å². The molecule has 2 rings (SSSR count). The number of benzene rings is 2. The van der Waals surface area contributed by atoms with Gasteiger partial charge in [-0.05, 0) is 41.2 Å². The van der Waals surface area contributed by atoms with Gasteiger partial charge in [-0.25, -0.2) is 0 Å². The van der Waals surface area contributed by atoms with Gasteiger partial charge in [-0.2, -0.15) is 0 Å². The second-order valence-electron chi connectivity index (χ2n) is 6.75. The highest BCUT2D eigenvalue weighted by Gasteiger charge is 2.19. The Bertz CT molecular complexity index is 723. The quantitative estimate of drug-likeness (QED) is 0.767. The minimum absolute atomic E-state index is 0.00418. The van der Waals surface area contributed by atoms with Crippen molar-refractivity contribution < 1.29 is 14.3 Å². The van der Waals surface area contributed by atoms with Gasteiger partial charge in [0.1, 0.15) is 0 Å². The topological polar surface area (TPSA) is 47.6 Å². The van der Waals surface area contributed by atoms with Crippen LogP contribution in [0.15, 0.2) is 42.5 Å². The van der Waals surface area contributed by atoms with Gasteiger partial charge in [0.05, 0.1) is 26.7 Å². The number of methoxy groups -OCH3 is 2. The number of carbonyl (C=O) groups is 1. The SMILES string of the molecule is CCc1ccc(C(NC(=O)Cc2ccc(OC)c(OC)c2)C(C)C)cc1. The molecule has 0 radical (unpaired) electrons. The van der Waals surface area contributed by atoms with Crippen molar-refractivity contribution >= 4 is 5.91 Å². The largest absolute Gasteiger partial charge is 0.493 e. The lowest BCUT2D eigenvalue weighted by molar-refractivity contribution is -0.121. The third kappa shape index (κ3) is 5.01. The second-order valence-corrected chi connectivity index (χ2v) is 6.75. The van der Waals surface area contributed by atoms with Crippen molar-refractivity contribution in [2.24, 2.45) is 5.92 Å². The third-order valence-corrected chi connectivity index (χ3v) is 4.54. The summed E-state index contributed by atoms with van der Waals surface area (Å²) in [6.07, 6.45) is 1.31. The summed E-state index contributed by atoms with van der Waals surface area (Å²) in [6.45, 7) is 6.38. The van der Waals surface area contributed by atoms with E-state index in [0.717, 1.165) is 17.5 Å². The highest BCUT2D eigenvalue weighted by atomic mass is 16.5. The summed E-state index contributed by atoms with van der Waals surface area (Å²) in [4.78, 5) is 12.6. The van der Waals surface area contributed by atoms with Gasteiger partial charge in [-0.3, -0.25) is 4.79 Å². The van der Waals surface area contributed by atoms with Crippen LogP contribution in [0.1, 0.15) is 43.5 Å². The van der Waals surface area contributed by atoms with Crippen LogP contribution >= 0.6 is 0 Å². The standard InChI is InChI=1S/C22H29NO3/c1-6-16-7-10-18(11-8-16)22(15(2)3)23-21(24)14-17-9-12-19(25-4)20(13-17)26-5/h7-13,15,22H,6,14H2,1-5H3,(H,23,24). The van der Waals surface area contributed by atoms with Crippen molar-refractivity contribution in [3.63, 3.8) is 0 Å². The number of hydrogen-bond acceptors (Lipinski definition) is 3. The molecule has 140 valence electrons. The number of carbonyl (C=O) groups excluding carboxylic acids is 1. The lowest BCUT2D eigenvalue weighted by atomic mass is 9.94. The molecule has 0 aliphatic heterocycles. The Morgan fingerprint density at radius 3 is 2.12 bits per heavy atom. The molecule has 1 amide bonds. The zero-order valence-electron chi connectivity index (χ0n) is 16.3. The van der Waals surface area contributed by atoms with Crippen molar-refractivity contribution in [1.29, 1.82) is 0 Å². The van der Waals surface area contributed by atoms with E-state index in [-0.39, 0.29) is 11.9 Å². The molecule has 1 N–H and O–H groups in total. The Morgan fingerprint density at radius 1 is 0.962 bits per heavy atom. The highest BCUT2D eigenvalue weighted by molar-refractivity contribution is 5.79. The maximum Gasteiger partial charge on any atom is 0.224 e. The molecule has 0 bridgehead atoms. The minimum atomic E-state index is -0.00597. The number of nitrogens with one attached hydrogen (secondary N) is 1. The molecular formula is C22H29NO3. The van der Waals surface area contributed by atoms with Crippen LogP contribution < -0.4 is 14.8 Å². The van der Waals surface area contributed by atoms with Crippen LogP contribution in [0, 0.1) is 5.92 Å². The molecule has 0 saturated heterocycles. The summed E-state index contributed by atoms with van der Waals surface area (Å²) in [7, 11) is 3.19. The van der Waals surface area contributed by atoms with E-state index in [2.05, 4.69) is 50.4 Å². The van der Waals surface area contributed by atoms with E-state index in [0.29, 0.717) is 23.8 Å². The maximum atomic E-state index is 12.6. The van der Waals surface area contributed by atoms with E-state index in [1.165, 1.54) is 5.56 Å². The summed E-state index contributed by atoms with van der Waals surface area (Å²) in [5.41, 5.74) is 3.33. The molecule has 2 aromatic rings. The highest BCUT2D eigenvalue weighted by Crippen LogP contribution is 2.28. The molecule has 4 nitrogen and oxygen atoms in total. The normalized spacial score (nSPS) is 11.9. The van der Waals surface area contributed by atoms with Crippen molar-refractivity contribution in [1.82, 2.24) is 5.32 Å². The van der Waals surface area contributed by atoms with Crippen LogP contribution in [0.3, 0.4) is 0 Å². The fraction of sp³-hybridized carbons (Fsp3) is 0.409. The Morgan fingerprint density at radius 2 is 1.58 bits per heavy atom. The lowest BCUT2D eigenvalue weighted by Gasteiger charge is -2.23. The summed E-state index contributed by atoms with van der Waals surface area (Å²) in [6, 6.07) is 14.0. The molecule has 0 aliphatic rings. The van der Waals surface area contributed by atoms with E-state index >= 15 is 0 Å². The first-order chi connectivity index (χ1) is 12.5. The zero-order chi connectivity index (χ0) is 19.1. The number of hydrogen-bond donors (Lipinski definition) is 1. The molecule has 1 atom stereocenters. The van der Waals surface area contributed by atoms with Crippen LogP contribution in [-0.2, 0) is 17.6 Å². The molecule has 0 heterocycles. The monoisotopic (exact) mass is 355 g/mol. The van der Waals surface area contributed by atoms with Crippen LogP contribution in [-0.4, -0.2) is 20.1 Å². The van der Waals surface area contributed by atoms with Gasteiger partial charge in [0, 0.05) is 0 Å². The fourth-order valence-corrected chi connectivity index (χ4v) is 3.00. The summed E-state index contributed by atoms with van der Waals surface area (Å²) < 4.78 is 10.6. The van der Waals surface area contributed by atoms with E-state index < -0.39 is 0 Å². The Labute approximate surface area is 156 Å². The first-order valence-corrected chi connectivity index (χ1v) is 9.07. The number of amides is 1. The van der Waals surface area contributed by atoms with E-state index in [1.54, 1.807) is 14.2 Å². The van der Waals surface area contributed by atoms with Crippen LogP contribution in [0.25, 0.3) is 0 Å². The summed E-state index contributed by atoms with van der Waals surface area (Å²) in [5.74, 6) is 1.59. The molecule has 4 heteroatoms. The van der Waals surface area contributed by atoms with E-state index in [1.807, 2.05) is 18.2 Å². The van der Waals surface area contributed by atoms with Crippen molar-refractivity contribution in [2.75, 3.05) is 14.2 Å². The van der Waals surface area contributed by atoms with Gasteiger partial charge in [-0.15, -0.1) is 0 Å². The summed E-state index contributed by atoms with van der Waals surface area (Å²) in [5, 5.41) is 3.17. The van der Waals surface area contributed by atoms with Crippen molar-refractivity contribution in [3.8, 4) is 11.5 Å². The number of rotatable bonds is 8. The molecule has 2 aromatic carbocycles. The summed E-state index contributed by atoms with van der Waals surface area (Å²) >= 11 is 0. The van der Waals surface area contributed by atoms with Crippen molar-refractivity contribution in [3.05, 3.63) is 59.2 Å².